The highest BCUT2D eigenvalue weighted by Crippen LogP contribution is 1.99. The van der Waals surface area contributed by atoms with Crippen molar-refractivity contribution in [2.24, 2.45) is 0 Å². The van der Waals surface area contributed by atoms with Gasteiger partial charge in [0.05, 0.1) is 6.61 Å². The van der Waals surface area contributed by atoms with Crippen LogP contribution in [0.4, 0.5) is 0 Å². The van der Waals surface area contributed by atoms with E-state index >= 15 is 0 Å². The van der Waals surface area contributed by atoms with Crippen LogP contribution in [0, 0.1) is 0 Å². The Morgan fingerprint density at radius 3 is 2.18 bits per heavy atom. The summed E-state index contributed by atoms with van der Waals surface area (Å²) < 4.78 is 4.90. The van der Waals surface area contributed by atoms with Crippen LogP contribution in [0.3, 0.4) is 0 Å². The van der Waals surface area contributed by atoms with Gasteiger partial charge in [0.25, 0.3) is 0 Å². The van der Waals surface area contributed by atoms with Crippen LogP contribution >= 0.6 is 11.6 Å². The van der Waals surface area contributed by atoms with E-state index in [4.69, 9.17) is 21.4 Å². The fourth-order valence-corrected chi connectivity index (χ4v) is 1.07. The molecule has 0 fully saturated rings. The molecule has 0 bridgehead atoms. The summed E-state index contributed by atoms with van der Waals surface area (Å²) in [6.45, 7) is 14.5. The lowest BCUT2D eigenvalue weighted by molar-refractivity contribution is -0.147. The lowest BCUT2D eigenvalue weighted by Crippen LogP contribution is -2.45. The number of amides is 1. The van der Waals surface area contributed by atoms with Crippen molar-refractivity contribution >= 4 is 23.5 Å². The van der Waals surface area contributed by atoms with Crippen molar-refractivity contribution < 1.29 is 19.4 Å². The van der Waals surface area contributed by atoms with Crippen molar-refractivity contribution in [1.29, 1.82) is 0 Å². The number of esters is 1. The van der Waals surface area contributed by atoms with Gasteiger partial charge in [-0.3, -0.25) is 4.79 Å². The summed E-state index contributed by atoms with van der Waals surface area (Å²) in [5.74, 6) is -1.59. The van der Waals surface area contributed by atoms with Crippen LogP contribution in [-0.2, 0) is 14.3 Å². The highest BCUT2D eigenvalue weighted by Gasteiger charge is 2.20. The first kappa shape index (κ1) is 25.4. The first-order valence-corrected chi connectivity index (χ1v) is 7.69. The number of alkyl halides is 1. The molecule has 1 unspecified atom stereocenters. The zero-order valence-corrected chi connectivity index (χ0v) is 14.7. The molecule has 0 aliphatic carbocycles. The predicted molar refractivity (Wildman–Crippen MR) is 91.9 cm³/mol. The van der Waals surface area contributed by atoms with Gasteiger partial charge in [0.15, 0.2) is 6.04 Å². The molecule has 0 aliphatic rings. The van der Waals surface area contributed by atoms with Gasteiger partial charge in [-0.2, -0.15) is 0 Å². The molecule has 6 heteroatoms. The van der Waals surface area contributed by atoms with Gasteiger partial charge in [0, 0.05) is 0 Å². The minimum absolute atomic E-state index is 0.0123. The van der Waals surface area contributed by atoms with Crippen molar-refractivity contribution in [2.45, 2.75) is 33.7 Å². The second-order valence-corrected chi connectivity index (χ2v) is 3.49. The molecule has 2 N–H and O–H groups in total. The number of ether oxygens (including phenoxy) is 1. The largest absolute Gasteiger partial charge is 0.459 e. The highest BCUT2D eigenvalue weighted by molar-refractivity contribution is 6.27. The summed E-state index contributed by atoms with van der Waals surface area (Å²) in [6, 6.07) is -1.12. The summed E-state index contributed by atoms with van der Waals surface area (Å²) in [5.41, 5.74) is 0.652. The van der Waals surface area contributed by atoms with Crippen LogP contribution in [0.25, 0.3) is 0 Å². The fraction of sp³-hybridized carbons (Fsp3) is 0.500. The second kappa shape index (κ2) is 19.4. The van der Waals surface area contributed by atoms with Crippen LogP contribution in [0.2, 0.25) is 0 Å². The zero-order valence-electron chi connectivity index (χ0n) is 13.9. The number of nitrogens with one attached hydrogen (secondary N) is 1. The third-order valence-corrected chi connectivity index (χ3v) is 2.14. The topological polar surface area (TPSA) is 75.6 Å². The van der Waals surface area contributed by atoms with Crippen LogP contribution in [-0.4, -0.2) is 42.1 Å². The lowest BCUT2D eigenvalue weighted by Gasteiger charge is -2.14. The first-order valence-electron chi connectivity index (χ1n) is 7.15. The van der Waals surface area contributed by atoms with Crippen molar-refractivity contribution in [3.8, 4) is 0 Å². The summed E-state index contributed by atoms with van der Waals surface area (Å²) in [7, 11) is 0. The minimum atomic E-state index is -1.12. The number of aliphatic hydroxyl groups is 1. The average Bonchev–Trinajstić information content (AvgIpc) is 2.59. The maximum absolute atomic E-state index is 11.5. The number of allylic oxidation sites excluding steroid dienone is 2. The lowest BCUT2D eigenvalue weighted by atomic mass is 10.2. The van der Waals surface area contributed by atoms with Gasteiger partial charge in [0.1, 0.15) is 12.5 Å². The third-order valence-electron chi connectivity index (χ3n) is 1.90. The number of carbonyl (C=O) groups is 2. The van der Waals surface area contributed by atoms with Crippen molar-refractivity contribution in [3.63, 3.8) is 0 Å². The molecular formula is C16H28ClNO4. The van der Waals surface area contributed by atoms with Gasteiger partial charge < -0.3 is 15.2 Å². The second-order valence-electron chi connectivity index (χ2n) is 3.23. The Morgan fingerprint density at radius 2 is 1.82 bits per heavy atom. The Labute approximate surface area is 138 Å². The van der Waals surface area contributed by atoms with Gasteiger partial charge >= 0.3 is 5.97 Å². The van der Waals surface area contributed by atoms with E-state index in [0.29, 0.717) is 5.57 Å². The molecule has 22 heavy (non-hydrogen) atoms. The Kier molecular flexibility index (Phi) is 22.4. The number of carbonyl (C=O) groups excluding carboxylic acids is 2. The van der Waals surface area contributed by atoms with Gasteiger partial charge in [0.2, 0.25) is 5.91 Å². The molecule has 0 saturated heterocycles. The fourth-order valence-electron chi connectivity index (χ4n) is 0.994. The summed E-state index contributed by atoms with van der Waals surface area (Å²) in [6.07, 6.45) is 4.68. The molecule has 0 radical (unpaired) electrons. The van der Waals surface area contributed by atoms with E-state index in [2.05, 4.69) is 18.5 Å². The van der Waals surface area contributed by atoms with E-state index in [-0.39, 0.29) is 12.5 Å². The molecule has 0 aromatic heterocycles. The van der Waals surface area contributed by atoms with E-state index in [1.807, 2.05) is 27.7 Å². The first-order chi connectivity index (χ1) is 10.6. The van der Waals surface area contributed by atoms with E-state index in [1.165, 1.54) is 12.2 Å². The molecule has 1 atom stereocenters. The Hall–Kier alpha value is -1.59. The number of hydrogen-bond acceptors (Lipinski definition) is 4. The number of rotatable bonds is 8. The maximum Gasteiger partial charge on any atom is 0.331 e. The van der Waals surface area contributed by atoms with Gasteiger partial charge in [-0.25, -0.2) is 4.79 Å². The van der Waals surface area contributed by atoms with Crippen LogP contribution in [0.15, 0.2) is 37.0 Å². The van der Waals surface area contributed by atoms with E-state index in [9.17, 15) is 9.59 Å². The minimum Gasteiger partial charge on any atom is -0.459 e. The Bertz CT molecular complexity index is 354. The molecule has 0 rings (SSSR count). The molecule has 0 aromatic carbocycles. The summed E-state index contributed by atoms with van der Waals surface area (Å²) in [5, 5.41) is 11.2. The summed E-state index contributed by atoms with van der Waals surface area (Å²) in [4.78, 5) is 22.5. The molecule has 1 amide bonds. The normalized spacial score (nSPS) is 10.7. The Balaban J connectivity index is -0.000000826. The van der Waals surface area contributed by atoms with E-state index < -0.39 is 24.5 Å². The van der Waals surface area contributed by atoms with E-state index in [0.717, 1.165) is 0 Å². The van der Waals surface area contributed by atoms with Crippen molar-refractivity contribution in [3.05, 3.63) is 37.0 Å². The standard InChI is InChI=1S/C12H16ClNO4.2C2H6/c1-3-5-9(4-2)8-18-12(17)10(7-15)14-11(16)6-13;2*1-2/h3-5,10,15H,1-2,6-8H2,(H,14,16);2*1-2H3/b9-5+;;. The quantitative estimate of drug-likeness (QED) is 0.407. The zero-order chi connectivity index (χ0) is 18.0. The van der Waals surface area contributed by atoms with Gasteiger partial charge in [-0.1, -0.05) is 59.1 Å². The Morgan fingerprint density at radius 1 is 1.27 bits per heavy atom. The monoisotopic (exact) mass is 333 g/mol. The van der Waals surface area contributed by atoms with Crippen LogP contribution in [0.1, 0.15) is 27.7 Å². The molecular weight excluding hydrogens is 306 g/mol. The molecule has 128 valence electrons. The number of aliphatic hydroxyl groups excluding tert-OH is 1. The number of halogens is 1. The smallest absolute Gasteiger partial charge is 0.331 e. The summed E-state index contributed by atoms with van der Waals surface area (Å²) >= 11 is 5.27. The third kappa shape index (κ3) is 13.4. The van der Waals surface area contributed by atoms with Gasteiger partial charge in [-0.05, 0) is 5.57 Å². The molecule has 0 spiro atoms. The molecule has 0 saturated carbocycles. The van der Waals surface area contributed by atoms with E-state index in [1.54, 1.807) is 6.08 Å². The molecule has 0 heterocycles. The SMILES string of the molecule is C=C/C=C(\C=C)COC(=O)C(CO)NC(=O)CCl.CC.CC. The molecule has 0 aliphatic heterocycles. The average molecular weight is 334 g/mol. The molecule has 0 aromatic rings. The van der Waals surface area contributed by atoms with Crippen molar-refractivity contribution in [2.75, 3.05) is 19.1 Å². The van der Waals surface area contributed by atoms with Crippen molar-refractivity contribution in [1.82, 2.24) is 5.32 Å². The predicted octanol–water partition coefficient (Wildman–Crippen LogP) is 2.60. The number of hydrogen-bond donors (Lipinski definition) is 2. The maximum atomic E-state index is 11.5. The van der Waals surface area contributed by atoms with Gasteiger partial charge in [-0.15, -0.1) is 11.6 Å². The molecule has 5 nitrogen and oxygen atoms in total. The highest BCUT2D eigenvalue weighted by atomic mass is 35.5. The van der Waals surface area contributed by atoms with Crippen LogP contribution < -0.4 is 5.32 Å². The van der Waals surface area contributed by atoms with Crippen LogP contribution in [0.5, 0.6) is 0 Å².